The van der Waals surface area contributed by atoms with E-state index in [0.717, 1.165) is 0 Å². The van der Waals surface area contributed by atoms with Crippen LogP contribution in [0.2, 0.25) is 0 Å². The molecule has 0 saturated carbocycles. The average Bonchev–Trinajstić information content (AvgIpc) is 2.53. The first kappa shape index (κ1) is 18.1. The molecule has 2 aromatic carbocycles. The molecule has 0 aliphatic rings. The van der Waals surface area contributed by atoms with E-state index in [9.17, 15) is 17.9 Å². The van der Waals surface area contributed by atoms with Gasteiger partial charge in [-0.2, -0.15) is 5.26 Å². The Hall–Kier alpha value is -2.27. The van der Waals surface area contributed by atoms with Crippen LogP contribution < -0.4 is 4.72 Å². The zero-order valence-corrected chi connectivity index (χ0v) is 14.1. The Morgan fingerprint density at radius 3 is 2.46 bits per heavy atom. The zero-order valence-electron chi connectivity index (χ0n) is 13.2. The number of hydrogen-bond donors (Lipinski definition) is 2. The summed E-state index contributed by atoms with van der Waals surface area (Å²) in [5.41, 5.74) is -0.550. The zero-order chi connectivity index (χ0) is 18.0. The lowest BCUT2D eigenvalue weighted by Crippen LogP contribution is -2.38. The minimum atomic E-state index is -3.98. The fourth-order valence-electron chi connectivity index (χ4n) is 2.23. The lowest BCUT2D eigenvalue weighted by atomic mass is 9.96. The van der Waals surface area contributed by atoms with Gasteiger partial charge in [0.2, 0.25) is 10.0 Å². The molecule has 0 heterocycles. The van der Waals surface area contributed by atoms with E-state index in [0.29, 0.717) is 11.1 Å². The van der Waals surface area contributed by atoms with Crippen LogP contribution in [-0.2, 0) is 15.6 Å². The maximum atomic E-state index is 13.0. The number of hydrogen-bond acceptors (Lipinski definition) is 4. The maximum absolute atomic E-state index is 13.0. The predicted molar refractivity (Wildman–Crippen MR) is 87.1 cm³/mol. The summed E-state index contributed by atoms with van der Waals surface area (Å²) in [6.07, 6.45) is 0. The normalized spacial score (nSPS) is 14.0. The summed E-state index contributed by atoms with van der Waals surface area (Å²) in [6.45, 7) is 2.75. The molecule has 0 fully saturated rings. The molecule has 126 valence electrons. The average molecular weight is 348 g/mol. The molecule has 7 heteroatoms. The Morgan fingerprint density at radius 2 is 1.88 bits per heavy atom. The molecule has 0 aliphatic carbocycles. The number of nitrogens with one attached hydrogen (secondary N) is 1. The summed E-state index contributed by atoms with van der Waals surface area (Å²) in [5.74, 6) is -0.450. The molecule has 5 nitrogen and oxygen atoms in total. The van der Waals surface area contributed by atoms with Crippen molar-refractivity contribution in [3.63, 3.8) is 0 Å². The number of nitrogens with zero attached hydrogens (tertiary/aromatic N) is 1. The van der Waals surface area contributed by atoms with Gasteiger partial charge in [0.15, 0.2) is 0 Å². The van der Waals surface area contributed by atoms with E-state index in [1.54, 1.807) is 19.1 Å². The van der Waals surface area contributed by atoms with Crippen LogP contribution >= 0.6 is 0 Å². The predicted octanol–water partition coefficient (Wildman–Crippen LogP) is 2.19. The Morgan fingerprint density at radius 1 is 1.25 bits per heavy atom. The largest absolute Gasteiger partial charge is 0.384 e. The molecule has 1 atom stereocenters. The summed E-state index contributed by atoms with van der Waals surface area (Å²) in [5, 5.41) is 19.6. The molecule has 0 radical (unpaired) electrons. The van der Waals surface area contributed by atoms with Gasteiger partial charge in [0.1, 0.15) is 17.5 Å². The molecule has 0 amide bonds. The van der Waals surface area contributed by atoms with E-state index in [4.69, 9.17) is 5.26 Å². The first-order chi connectivity index (χ1) is 11.2. The Kier molecular flexibility index (Phi) is 5.04. The van der Waals surface area contributed by atoms with Crippen LogP contribution in [0.15, 0.2) is 47.4 Å². The van der Waals surface area contributed by atoms with Gasteiger partial charge < -0.3 is 5.11 Å². The summed E-state index contributed by atoms with van der Waals surface area (Å²) in [7, 11) is -3.98. The SMILES string of the molecule is Cc1cccc(S(=O)(=O)NCC(C)(O)c2ccc(F)cc2)c1C#N. The lowest BCUT2D eigenvalue weighted by Gasteiger charge is -2.24. The molecule has 1 unspecified atom stereocenters. The van der Waals surface area contributed by atoms with E-state index in [1.165, 1.54) is 37.3 Å². The van der Waals surface area contributed by atoms with Crippen molar-refractivity contribution in [2.75, 3.05) is 6.54 Å². The van der Waals surface area contributed by atoms with Crippen molar-refractivity contribution in [3.05, 3.63) is 65.0 Å². The number of aryl methyl sites for hydroxylation is 1. The van der Waals surface area contributed by atoms with E-state index in [1.807, 2.05) is 6.07 Å². The van der Waals surface area contributed by atoms with Gasteiger partial charge >= 0.3 is 0 Å². The monoisotopic (exact) mass is 348 g/mol. The molecule has 0 bridgehead atoms. The van der Waals surface area contributed by atoms with Crippen molar-refractivity contribution >= 4 is 10.0 Å². The molecule has 2 rings (SSSR count). The third-order valence-electron chi connectivity index (χ3n) is 3.71. The highest BCUT2D eigenvalue weighted by atomic mass is 32.2. The maximum Gasteiger partial charge on any atom is 0.242 e. The highest BCUT2D eigenvalue weighted by Crippen LogP contribution is 2.22. The number of rotatable bonds is 5. The van der Waals surface area contributed by atoms with Crippen LogP contribution in [0.3, 0.4) is 0 Å². The summed E-state index contributed by atoms with van der Waals surface area (Å²) in [6, 6.07) is 11.6. The molecular weight excluding hydrogens is 331 g/mol. The van der Waals surface area contributed by atoms with E-state index in [2.05, 4.69) is 4.72 Å². The van der Waals surface area contributed by atoms with Gasteiger partial charge in [0.05, 0.1) is 10.5 Å². The Balaban J connectivity index is 2.26. The van der Waals surface area contributed by atoms with Gasteiger partial charge in [0, 0.05) is 6.54 Å². The van der Waals surface area contributed by atoms with Crippen LogP contribution in [-0.4, -0.2) is 20.1 Å². The standard InChI is InChI=1S/C17H17FN2O3S/c1-12-4-3-5-16(15(12)10-19)24(22,23)20-11-17(2,21)13-6-8-14(18)9-7-13/h3-9,20-21H,11H2,1-2H3. The van der Waals surface area contributed by atoms with Crippen molar-refractivity contribution in [1.29, 1.82) is 5.26 Å². The van der Waals surface area contributed by atoms with Gasteiger partial charge in [-0.3, -0.25) is 0 Å². The number of halogens is 1. The van der Waals surface area contributed by atoms with Crippen molar-refractivity contribution in [2.45, 2.75) is 24.3 Å². The van der Waals surface area contributed by atoms with Crippen molar-refractivity contribution in [1.82, 2.24) is 4.72 Å². The first-order valence-electron chi connectivity index (χ1n) is 7.15. The summed E-state index contributed by atoms with van der Waals surface area (Å²) in [4.78, 5) is -0.139. The van der Waals surface area contributed by atoms with Gasteiger partial charge in [-0.15, -0.1) is 0 Å². The van der Waals surface area contributed by atoms with E-state index >= 15 is 0 Å². The van der Waals surface area contributed by atoms with Crippen LogP contribution in [0.25, 0.3) is 0 Å². The van der Waals surface area contributed by atoms with E-state index in [-0.39, 0.29) is 17.0 Å². The summed E-state index contributed by atoms with van der Waals surface area (Å²) < 4.78 is 40.2. The number of sulfonamides is 1. The second-order valence-corrected chi connectivity index (χ2v) is 7.40. The third-order valence-corrected chi connectivity index (χ3v) is 5.15. The molecule has 24 heavy (non-hydrogen) atoms. The summed E-state index contributed by atoms with van der Waals surface area (Å²) >= 11 is 0. The Bertz CT molecular complexity index is 885. The Labute approximate surface area is 140 Å². The second-order valence-electron chi connectivity index (χ2n) is 5.67. The number of benzene rings is 2. The van der Waals surface area contributed by atoms with Crippen LogP contribution in [0.1, 0.15) is 23.6 Å². The van der Waals surface area contributed by atoms with Crippen molar-refractivity contribution in [3.8, 4) is 6.07 Å². The molecule has 0 aromatic heterocycles. The number of nitriles is 1. The molecule has 2 N–H and O–H groups in total. The molecule has 0 spiro atoms. The van der Waals surface area contributed by atoms with Crippen LogP contribution in [0.5, 0.6) is 0 Å². The van der Waals surface area contributed by atoms with Crippen LogP contribution in [0.4, 0.5) is 4.39 Å². The molecule has 2 aromatic rings. The first-order valence-corrected chi connectivity index (χ1v) is 8.63. The molecule has 0 saturated heterocycles. The minimum Gasteiger partial charge on any atom is -0.384 e. The van der Waals surface area contributed by atoms with Gasteiger partial charge in [-0.1, -0.05) is 24.3 Å². The van der Waals surface area contributed by atoms with Crippen LogP contribution in [0, 0.1) is 24.1 Å². The lowest BCUT2D eigenvalue weighted by molar-refractivity contribution is 0.0627. The van der Waals surface area contributed by atoms with Crippen molar-refractivity contribution in [2.24, 2.45) is 0 Å². The molecule has 0 aliphatic heterocycles. The third kappa shape index (κ3) is 3.79. The fourth-order valence-corrected chi connectivity index (χ4v) is 3.59. The molecular formula is C17H17FN2O3S. The minimum absolute atomic E-state index is 0.0615. The van der Waals surface area contributed by atoms with Gasteiger partial charge in [0.25, 0.3) is 0 Å². The van der Waals surface area contributed by atoms with Gasteiger partial charge in [-0.05, 0) is 43.2 Å². The fraction of sp³-hybridized carbons (Fsp3) is 0.235. The van der Waals surface area contributed by atoms with Crippen molar-refractivity contribution < 1.29 is 17.9 Å². The highest BCUT2D eigenvalue weighted by molar-refractivity contribution is 7.89. The highest BCUT2D eigenvalue weighted by Gasteiger charge is 2.27. The smallest absolute Gasteiger partial charge is 0.242 e. The van der Waals surface area contributed by atoms with Gasteiger partial charge in [-0.25, -0.2) is 17.5 Å². The topological polar surface area (TPSA) is 90.2 Å². The quantitative estimate of drug-likeness (QED) is 0.867. The second kappa shape index (κ2) is 6.69. The number of aliphatic hydroxyl groups is 1. The van der Waals surface area contributed by atoms with E-state index < -0.39 is 21.4 Å².